The minimum atomic E-state index is -4.12. The second-order valence-electron chi connectivity index (χ2n) is 7.30. The first-order valence-corrected chi connectivity index (χ1v) is 11.4. The number of sulfonamides is 1. The van der Waals surface area contributed by atoms with Crippen molar-refractivity contribution in [3.63, 3.8) is 0 Å². The molecule has 7 nitrogen and oxygen atoms in total. The fourth-order valence-electron chi connectivity index (χ4n) is 3.44. The van der Waals surface area contributed by atoms with Gasteiger partial charge >= 0.3 is 0 Å². The van der Waals surface area contributed by atoms with Gasteiger partial charge in [0.15, 0.2) is 0 Å². The summed E-state index contributed by atoms with van der Waals surface area (Å²) in [5, 5.41) is 5.15. The van der Waals surface area contributed by atoms with Crippen LogP contribution in [-0.4, -0.2) is 20.2 Å². The topological polar surface area (TPSA) is 104 Å². The molecule has 0 spiro atoms. The molecule has 1 atom stereocenters. The van der Waals surface area contributed by atoms with Crippen molar-refractivity contribution in [1.29, 1.82) is 0 Å². The maximum Gasteiger partial charge on any atom is 0.247 e. The molecule has 1 aliphatic rings. The summed E-state index contributed by atoms with van der Waals surface area (Å²) >= 11 is 0. The molecule has 9 heteroatoms. The van der Waals surface area contributed by atoms with Crippen molar-refractivity contribution in [2.45, 2.75) is 23.8 Å². The fourth-order valence-corrected chi connectivity index (χ4v) is 4.67. The quantitative estimate of drug-likeness (QED) is 0.532. The van der Waals surface area contributed by atoms with Gasteiger partial charge in [-0.05, 0) is 47.9 Å². The summed E-state index contributed by atoms with van der Waals surface area (Å²) in [5.41, 5.74) is 1.61. The predicted octanol–water partition coefficient (Wildman–Crippen LogP) is 3.37. The molecule has 2 amide bonds. The molecule has 0 fully saturated rings. The Morgan fingerprint density at radius 3 is 2.44 bits per heavy atom. The average molecular weight is 453 g/mol. The number of aryl methyl sites for hydroxylation is 1. The minimum Gasteiger partial charge on any atom is -0.326 e. The number of rotatable bonds is 6. The molecular formula is C23H20FN3O4S. The standard InChI is InChI=1S/C23H20FN3O4S/c24-18-8-4-5-9-20(18)26-23(29)22(15-6-2-1-3-7-15)27-32(30,31)17-11-12-19-16(14-17)10-13-21(28)25-19/h1-9,11-12,14,22,27H,10,13H2,(H,25,28)(H,26,29). The van der Waals surface area contributed by atoms with Gasteiger partial charge in [-0.25, -0.2) is 12.8 Å². The van der Waals surface area contributed by atoms with Crippen molar-refractivity contribution in [3.8, 4) is 0 Å². The van der Waals surface area contributed by atoms with Crippen molar-refractivity contribution >= 4 is 33.2 Å². The summed E-state index contributed by atoms with van der Waals surface area (Å²) in [6.45, 7) is 0. The number of amides is 2. The molecule has 3 aromatic rings. The Hall–Kier alpha value is -3.56. The van der Waals surface area contributed by atoms with E-state index in [4.69, 9.17) is 0 Å². The van der Waals surface area contributed by atoms with Gasteiger partial charge < -0.3 is 10.6 Å². The van der Waals surface area contributed by atoms with Crippen LogP contribution in [0, 0.1) is 5.82 Å². The van der Waals surface area contributed by atoms with Gasteiger partial charge in [0.2, 0.25) is 21.8 Å². The third-order valence-electron chi connectivity index (χ3n) is 5.08. The Labute approximate surface area is 184 Å². The van der Waals surface area contributed by atoms with Crippen molar-refractivity contribution in [2.75, 3.05) is 10.6 Å². The van der Waals surface area contributed by atoms with E-state index in [1.54, 1.807) is 36.4 Å². The van der Waals surface area contributed by atoms with Gasteiger partial charge in [-0.3, -0.25) is 9.59 Å². The predicted molar refractivity (Wildman–Crippen MR) is 118 cm³/mol. The van der Waals surface area contributed by atoms with Crippen LogP contribution >= 0.6 is 0 Å². The summed E-state index contributed by atoms with van der Waals surface area (Å²) < 4.78 is 42.7. The highest BCUT2D eigenvalue weighted by molar-refractivity contribution is 7.89. The summed E-state index contributed by atoms with van der Waals surface area (Å²) in [6.07, 6.45) is 0.683. The first-order chi connectivity index (χ1) is 15.3. The average Bonchev–Trinajstić information content (AvgIpc) is 2.79. The van der Waals surface area contributed by atoms with E-state index in [2.05, 4.69) is 15.4 Å². The van der Waals surface area contributed by atoms with Gasteiger partial charge in [0, 0.05) is 12.1 Å². The number of nitrogens with one attached hydrogen (secondary N) is 3. The lowest BCUT2D eigenvalue weighted by atomic mass is 10.0. The molecule has 0 bridgehead atoms. The lowest BCUT2D eigenvalue weighted by Gasteiger charge is -2.21. The number of halogens is 1. The first-order valence-electron chi connectivity index (χ1n) is 9.89. The monoisotopic (exact) mass is 453 g/mol. The molecular weight excluding hydrogens is 433 g/mol. The van der Waals surface area contributed by atoms with E-state index >= 15 is 0 Å². The molecule has 32 heavy (non-hydrogen) atoms. The smallest absolute Gasteiger partial charge is 0.247 e. The zero-order chi connectivity index (χ0) is 22.7. The Kier molecular flexibility index (Phi) is 6.02. The molecule has 3 N–H and O–H groups in total. The molecule has 1 heterocycles. The lowest BCUT2D eigenvalue weighted by Crippen LogP contribution is -2.37. The largest absolute Gasteiger partial charge is 0.326 e. The van der Waals surface area contributed by atoms with E-state index in [0.29, 0.717) is 23.2 Å². The third-order valence-corrected chi connectivity index (χ3v) is 6.50. The van der Waals surface area contributed by atoms with E-state index in [-0.39, 0.29) is 22.9 Å². The Morgan fingerprint density at radius 2 is 1.69 bits per heavy atom. The fraction of sp³-hybridized carbons (Fsp3) is 0.130. The minimum absolute atomic E-state index is 0.0352. The van der Waals surface area contributed by atoms with Crippen molar-refractivity contribution in [3.05, 3.63) is 89.7 Å². The van der Waals surface area contributed by atoms with Crippen LogP contribution in [0.2, 0.25) is 0 Å². The maximum absolute atomic E-state index is 14.0. The van der Waals surface area contributed by atoms with E-state index in [1.165, 1.54) is 36.4 Å². The van der Waals surface area contributed by atoms with Gasteiger partial charge in [-0.1, -0.05) is 42.5 Å². The van der Waals surface area contributed by atoms with Gasteiger partial charge in [0.05, 0.1) is 10.6 Å². The van der Waals surface area contributed by atoms with E-state index in [0.717, 1.165) is 0 Å². The van der Waals surface area contributed by atoms with Crippen molar-refractivity contribution in [2.24, 2.45) is 0 Å². The number of carbonyl (C=O) groups is 2. The highest BCUT2D eigenvalue weighted by atomic mass is 32.2. The zero-order valence-corrected chi connectivity index (χ0v) is 17.7. The molecule has 4 rings (SSSR count). The highest BCUT2D eigenvalue weighted by Gasteiger charge is 2.29. The normalized spacial score (nSPS) is 14.2. The van der Waals surface area contributed by atoms with Crippen LogP contribution in [0.15, 0.2) is 77.7 Å². The van der Waals surface area contributed by atoms with E-state index in [1.807, 2.05) is 0 Å². The van der Waals surface area contributed by atoms with Crippen LogP contribution in [0.4, 0.5) is 15.8 Å². The molecule has 1 aliphatic heterocycles. The van der Waals surface area contributed by atoms with Crippen LogP contribution in [0.3, 0.4) is 0 Å². The van der Waals surface area contributed by atoms with Crippen molar-refractivity contribution in [1.82, 2.24) is 4.72 Å². The molecule has 0 radical (unpaired) electrons. The Bertz CT molecular complexity index is 1280. The van der Waals surface area contributed by atoms with Gasteiger partial charge in [0.1, 0.15) is 11.9 Å². The maximum atomic E-state index is 14.0. The molecule has 0 aliphatic carbocycles. The lowest BCUT2D eigenvalue weighted by molar-refractivity contribution is -0.118. The van der Waals surface area contributed by atoms with Crippen molar-refractivity contribution < 1.29 is 22.4 Å². The number of fused-ring (bicyclic) bond motifs is 1. The molecule has 164 valence electrons. The molecule has 0 saturated heterocycles. The molecule has 0 aromatic heterocycles. The molecule has 0 saturated carbocycles. The summed E-state index contributed by atoms with van der Waals surface area (Å²) in [7, 11) is -4.12. The zero-order valence-electron chi connectivity index (χ0n) is 16.8. The number of para-hydroxylation sites is 1. The summed E-state index contributed by atoms with van der Waals surface area (Å²) in [4.78, 5) is 24.5. The summed E-state index contributed by atoms with van der Waals surface area (Å²) in [6, 6.07) is 17.0. The van der Waals surface area contributed by atoms with E-state index in [9.17, 15) is 22.4 Å². The second-order valence-corrected chi connectivity index (χ2v) is 9.02. The molecule has 1 unspecified atom stereocenters. The third kappa shape index (κ3) is 4.68. The van der Waals surface area contributed by atoms with Crippen LogP contribution < -0.4 is 15.4 Å². The first kappa shape index (κ1) is 21.7. The van der Waals surface area contributed by atoms with Gasteiger partial charge in [-0.2, -0.15) is 4.72 Å². The number of anilines is 2. The number of carbonyl (C=O) groups excluding carboxylic acids is 2. The Morgan fingerprint density at radius 1 is 0.969 bits per heavy atom. The van der Waals surface area contributed by atoms with Crippen LogP contribution in [0.25, 0.3) is 0 Å². The van der Waals surface area contributed by atoms with Gasteiger partial charge in [0.25, 0.3) is 0 Å². The number of benzene rings is 3. The SMILES string of the molecule is O=C1CCc2cc(S(=O)(=O)NC(C(=O)Nc3ccccc3F)c3ccccc3)ccc2N1. The Balaban J connectivity index is 1.64. The summed E-state index contributed by atoms with van der Waals surface area (Å²) in [5.74, 6) is -1.48. The van der Waals surface area contributed by atoms with Crippen LogP contribution in [0.1, 0.15) is 23.6 Å². The highest BCUT2D eigenvalue weighted by Crippen LogP contribution is 2.27. The molecule has 3 aromatic carbocycles. The van der Waals surface area contributed by atoms with Gasteiger partial charge in [-0.15, -0.1) is 0 Å². The van der Waals surface area contributed by atoms with Crippen LogP contribution in [0.5, 0.6) is 0 Å². The van der Waals surface area contributed by atoms with Crippen LogP contribution in [-0.2, 0) is 26.0 Å². The number of hydrogen-bond acceptors (Lipinski definition) is 4. The second kappa shape index (κ2) is 8.89. The van der Waals surface area contributed by atoms with E-state index < -0.39 is 27.8 Å². The number of hydrogen-bond donors (Lipinski definition) is 3.